The monoisotopic (exact) mass is 249 g/mol. The Balaban J connectivity index is 2.59. The average molecular weight is 249 g/mol. The van der Waals surface area contributed by atoms with Gasteiger partial charge >= 0.3 is 5.97 Å². The second kappa shape index (κ2) is 4.23. The molecule has 0 spiro atoms. The topological polar surface area (TPSA) is 78.1 Å². The van der Waals surface area contributed by atoms with Gasteiger partial charge in [-0.25, -0.2) is 14.8 Å². The molecule has 2 N–H and O–H groups in total. The highest BCUT2D eigenvalue weighted by atomic mass is 16.5. The first-order valence-electron chi connectivity index (χ1n) is 6.10. The fourth-order valence-electron chi connectivity index (χ4n) is 2.00. The molecule has 98 valence electrons. The van der Waals surface area contributed by atoms with E-state index in [2.05, 4.69) is 9.97 Å². The third-order valence-electron chi connectivity index (χ3n) is 3.03. The van der Waals surface area contributed by atoms with Crippen LogP contribution >= 0.6 is 0 Å². The maximum Gasteiger partial charge on any atom is 0.357 e. The van der Waals surface area contributed by atoms with Crippen LogP contribution in [0.5, 0.6) is 0 Å². The highest BCUT2D eigenvalue weighted by Crippen LogP contribution is 2.40. The van der Waals surface area contributed by atoms with Crippen LogP contribution in [0.3, 0.4) is 0 Å². The molecule has 1 aromatic rings. The molecule has 1 saturated carbocycles. The second-order valence-electron chi connectivity index (χ2n) is 5.71. The number of nitrogens with zero attached hydrogens (tertiary/aromatic N) is 2. The van der Waals surface area contributed by atoms with E-state index < -0.39 is 5.97 Å². The van der Waals surface area contributed by atoms with Crippen molar-refractivity contribution >= 4 is 11.8 Å². The number of hydrogen-bond donors (Lipinski definition) is 1. The van der Waals surface area contributed by atoms with Gasteiger partial charge in [-0.05, 0) is 18.3 Å². The van der Waals surface area contributed by atoms with E-state index >= 15 is 0 Å². The van der Waals surface area contributed by atoms with Gasteiger partial charge in [-0.15, -0.1) is 0 Å². The maximum atomic E-state index is 11.9. The van der Waals surface area contributed by atoms with Gasteiger partial charge in [0.2, 0.25) is 0 Å². The highest BCUT2D eigenvalue weighted by molar-refractivity contribution is 5.90. The molecule has 5 heteroatoms. The van der Waals surface area contributed by atoms with Crippen LogP contribution in [0.25, 0.3) is 0 Å². The first kappa shape index (κ1) is 12.8. The van der Waals surface area contributed by atoms with E-state index in [-0.39, 0.29) is 5.41 Å². The molecular formula is C13H19N3O2. The summed E-state index contributed by atoms with van der Waals surface area (Å²) in [5.41, 5.74) is 6.68. The van der Waals surface area contributed by atoms with Gasteiger partial charge in [0, 0.05) is 11.5 Å². The molecule has 1 heterocycles. The zero-order chi connectivity index (χ0) is 13.5. The Kier molecular flexibility index (Phi) is 3.00. The van der Waals surface area contributed by atoms with Crippen molar-refractivity contribution in [3.8, 4) is 0 Å². The van der Waals surface area contributed by atoms with Gasteiger partial charge in [0.05, 0.1) is 7.11 Å². The molecule has 5 nitrogen and oxygen atoms in total. The number of aromatic nitrogens is 2. The fraction of sp³-hybridized carbons (Fsp3) is 0.615. The first-order valence-corrected chi connectivity index (χ1v) is 6.10. The van der Waals surface area contributed by atoms with E-state index in [9.17, 15) is 4.79 Å². The van der Waals surface area contributed by atoms with Gasteiger partial charge < -0.3 is 10.5 Å². The molecule has 1 fully saturated rings. The molecule has 1 aromatic heterocycles. The number of rotatable bonds is 2. The van der Waals surface area contributed by atoms with Crippen molar-refractivity contribution in [2.45, 2.75) is 44.9 Å². The van der Waals surface area contributed by atoms with E-state index in [4.69, 9.17) is 10.5 Å². The molecule has 0 aliphatic heterocycles. The molecule has 18 heavy (non-hydrogen) atoms. The number of carbonyl (C=O) groups is 1. The summed E-state index contributed by atoms with van der Waals surface area (Å²) < 4.78 is 4.80. The smallest absolute Gasteiger partial charge is 0.357 e. The van der Waals surface area contributed by atoms with Crippen molar-refractivity contribution in [2.24, 2.45) is 0 Å². The van der Waals surface area contributed by atoms with Crippen LogP contribution in [-0.4, -0.2) is 23.0 Å². The Hall–Kier alpha value is -1.65. The molecule has 1 aliphatic rings. The van der Waals surface area contributed by atoms with Gasteiger partial charge in [-0.3, -0.25) is 0 Å². The molecule has 2 rings (SSSR count). The number of ether oxygens (including phenoxy) is 1. The molecule has 1 aliphatic carbocycles. The van der Waals surface area contributed by atoms with Gasteiger partial charge in [0.15, 0.2) is 5.69 Å². The summed E-state index contributed by atoms with van der Waals surface area (Å²) in [5, 5.41) is 0. The van der Waals surface area contributed by atoms with Crippen LogP contribution in [0.2, 0.25) is 0 Å². The zero-order valence-electron chi connectivity index (χ0n) is 11.3. The predicted molar refractivity (Wildman–Crippen MR) is 68.5 cm³/mol. The summed E-state index contributed by atoms with van der Waals surface area (Å²) in [5.74, 6) is 0.960. The minimum Gasteiger partial charge on any atom is -0.464 e. The molecular weight excluding hydrogens is 230 g/mol. The van der Waals surface area contributed by atoms with E-state index in [1.807, 2.05) is 20.8 Å². The van der Waals surface area contributed by atoms with Gasteiger partial charge in [0.25, 0.3) is 0 Å². The Bertz CT molecular complexity index is 488. The van der Waals surface area contributed by atoms with E-state index in [1.165, 1.54) is 7.11 Å². The summed E-state index contributed by atoms with van der Waals surface area (Å²) in [6, 6.07) is 0. The largest absolute Gasteiger partial charge is 0.464 e. The number of carbonyl (C=O) groups excluding carboxylic acids is 1. The zero-order valence-corrected chi connectivity index (χ0v) is 11.3. The van der Waals surface area contributed by atoms with E-state index in [0.29, 0.717) is 28.8 Å². The molecule has 0 radical (unpaired) electrons. The fourth-order valence-corrected chi connectivity index (χ4v) is 2.00. The van der Waals surface area contributed by atoms with Crippen LogP contribution in [0.1, 0.15) is 61.4 Å². The van der Waals surface area contributed by atoms with Crippen molar-refractivity contribution in [3.63, 3.8) is 0 Å². The normalized spacial score (nSPS) is 15.6. The SMILES string of the molecule is COC(=O)c1nc(C2CC2)nc(N)c1C(C)(C)C. The van der Waals surface area contributed by atoms with E-state index in [0.717, 1.165) is 12.8 Å². The van der Waals surface area contributed by atoms with Crippen molar-refractivity contribution in [2.75, 3.05) is 12.8 Å². The minimum atomic E-state index is -0.448. The molecule has 0 saturated heterocycles. The standard InChI is InChI=1S/C13H19N3O2/c1-13(2,3)8-9(12(17)18-4)15-11(7-5-6-7)16-10(8)14/h7H,5-6H2,1-4H3,(H2,14,15,16). The van der Waals surface area contributed by atoms with Crippen LogP contribution in [0.15, 0.2) is 0 Å². The van der Waals surface area contributed by atoms with Crippen molar-refractivity contribution in [3.05, 3.63) is 17.1 Å². The van der Waals surface area contributed by atoms with E-state index in [1.54, 1.807) is 0 Å². The lowest BCUT2D eigenvalue weighted by Gasteiger charge is -2.23. The van der Waals surface area contributed by atoms with Crippen molar-refractivity contribution < 1.29 is 9.53 Å². The average Bonchev–Trinajstić information content (AvgIpc) is 3.08. The second-order valence-corrected chi connectivity index (χ2v) is 5.71. The Morgan fingerprint density at radius 3 is 2.39 bits per heavy atom. The summed E-state index contributed by atoms with van der Waals surface area (Å²) in [4.78, 5) is 20.6. The summed E-state index contributed by atoms with van der Waals surface area (Å²) in [7, 11) is 1.35. The van der Waals surface area contributed by atoms with Crippen LogP contribution in [-0.2, 0) is 10.2 Å². The number of hydrogen-bond acceptors (Lipinski definition) is 5. The Labute approximate surface area is 107 Å². The summed E-state index contributed by atoms with van der Waals surface area (Å²) >= 11 is 0. The van der Waals surface area contributed by atoms with Gasteiger partial charge in [0.1, 0.15) is 11.6 Å². The number of methoxy groups -OCH3 is 1. The van der Waals surface area contributed by atoms with Gasteiger partial charge in [-0.2, -0.15) is 0 Å². The molecule has 0 bridgehead atoms. The summed E-state index contributed by atoms with van der Waals surface area (Å²) in [6.07, 6.45) is 2.13. The van der Waals surface area contributed by atoms with Gasteiger partial charge in [-0.1, -0.05) is 20.8 Å². The lowest BCUT2D eigenvalue weighted by Crippen LogP contribution is -2.23. The maximum absolute atomic E-state index is 11.9. The van der Waals surface area contributed by atoms with Crippen molar-refractivity contribution in [1.29, 1.82) is 0 Å². The molecule has 0 aromatic carbocycles. The lowest BCUT2D eigenvalue weighted by molar-refractivity contribution is 0.0590. The molecule has 0 amide bonds. The van der Waals surface area contributed by atoms with Crippen molar-refractivity contribution in [1.82, 2.24) is 9.97 Å². The molecule has 0 atom stereocenters. The lowest BCUT2D eigenvalue weighted by atomic mass is 9.85. The minimum absolute atomic E-state index is 0.296. The molecule has 0 unspecified atom stereocenters. The number of anilines is 1. The quantitative estimate of drug-likeness (QED) is 0.811. The third-order valence-corrected chi connectivity index (χ3v) is 3.03. The predicted octanol–water partition coefficient (Wildman–Crippen LogP) is 2.02. The van der Waals surface area contributed by atoms with Crippen LogP contribution in [0.4, 0.5) is 5.82 Å². The first-order chi connectivity index (χ1) is 8.34. The number of nitrogen functional groups attached to an aromatic ring is 1. The highest BCUT2D eigenvalue weighted by Gasteiger charge is 2.33. The number of nitrogens with two attached hydrogens (primary N) is 1. The Morgan fingerprint density at radius 2 is 1.94 bits per heavy atom. The Morgan fingerprint density at radius 1 is 1.33 bits per heavy atom. The van der Waals surface area contributed by atoms with Crippen LogP contribution in [0, 0.1) is 0 Å². The third kappa shape index (κ3) is 2.30. The number of esters is 1. The van der Waals surface area contributed by atoms with Crippen LogP contribution < -0.4 is 5.73 Å². The summed E-state index contributed by atoms with van der Waals surface area (Å²) in [6.45, 7) is 5.93.